The van der Waals surface area contributed by atoms with Gasteiger partial charge in [-0.05, 0) is 25.0 Å². The highest BCUT2D eigenvalue weighted by molar-refractivity contribution is 5.36. The summed E-state index contributed by atoms with van der Waals surface area (Å²) in [4.78, 5) is 3.94. The van der Waals surface area contributed by atoms with E-state index in [9.17, 15) is 0 Å². The van der Waals surface area contributed by atoms with Crippen molar-refractivity contribution in [1.82, 2.24) is 4.98 Å². The van der Waals surface area contributed by atoms with Crippen LogP contribution in [0, 0.1) is 11.3 Å². The maximum atomic E-state index is 8.85. The molecule has 4 heteroatoms. The minimum atomic E-state index is -0.220. The first-order valence-corrected chi connectivity index (χ1v) is 5.50. The molecular weight excluding hydrogens is 202 g/mol. The molecule has 0 saturated heterocycles. The lowest BCUT2D eigenvalue weighted by Gasteiger charge is -2.23. The van der Waals surface area contributed by atoms with Crippen molar-refractivity contribution < 1.29 is 4.74 Å². The van der Waals surface area contributed by atoms with E-state index in [0.29, 0.717) is 18.1 Å². The van der Waals surface area contributed by atoms with Crippen LogP contribution in [0.5, 0.6) is 5.75 Å². The Labute approximate surface area is 95.0 Å². The Kier molecular flexibility index (Phi) is 3.07. The van der Waals surface area contributed by atoms with Gasteiger partial charge in [0.2, 0.25) is 0 Å². The lowest BCUT2D eigenvalue weighted by molar-refractivity contribution is 0.219. The summed E-state index contributed by atoms with van der Waals surface area (Å²) in [6.45, 7) is 0.466. The molecule has 0 aromatic carbocycles. The summed E-state index contributed by atoms with van der Waals surface area (Å²) in [5.74, 6) is 0.529. The van der Waals surface area contributed by atoms with Gasteiger partial charge < -0.3 is 10.5 Å². The molecule has 1 aliphatic rings. The zero-order chi connectivity index (χ0) is 11.4. The Bertz CT molecular complexity index is 405. The van der Waals surface area contributed by atoms with Crippen LogP contribution in [0.3, 0.4) is 0 Å². The van der Waals surface area contributed by atoms with E-state index in [1.54, 1.807) is 18.3 Å². The summed E-state index contributed by atoms with van der Waals surface area (Å²) in [7, 11) is 0. The fourth-order valence-corrected chi connectivity index (χ4v) is 2.04. The summed E-state index contributed by atoms with van der Waals surface area (Å²) in [6, 6.07) is 5.52. The molecule has 1 aliphatic carbocycles. The van der Waals surface area contributed by atoms with Crippen molar-refractivity contribution in [2.45, 2.75) is 31.2 Å². The van der Waals surface area contributed by atoms with Gasteiger partial charge in [-0.15, -0.1) is 0 Å². The van der Waals surface area contributed by atoms with E-state index in [4.69, 9.17) is 15.7 Å². The number of rotatable bonds is 3. The molecule has 2 rings (SSSR count). The van der Waals surface area contributed by atoms with Crippen molar-refractivity contribution in [3.05, 3.63) is 24.0 Å². The second-order valence-electron chi connectivity index (χ2n) is 4.32. The van der Waals surface area contributed by atoms with Gasteiger partial charge in [0.05, 0.1) is 5.54 Å². The molecule has 0 unspecified atom stereocenters. The van der Waals surface area contributed by atoms with Gasteiger partial charge in [-0.2, -0.15) is 5.26 Å². The van der Waals surface area contributed by atoms with Gasteiger partial charge in [-0.3, -0.25) is 0 Å². The maximum absolute atomic E-state index is 8.85. The highest BCUT2D eigenvalue weighted by atomic mass is 16.5. The molecule has 16 heavy (non-hydrogen) atoms. The van der Waals surface area contributed by atoms with Crippen LogP contribution in [0.2, 0.25) is 0 Å². The standard InChI is InChI=1S/C12H15N3O/c13-8-10-11(4-3-7-15-10)16-9-12(14)5-1-2-6-12/h3-4,7H,1-2,5-6,9,14H2. The molecular formula is C12H15N3O. The molecule has 0 aliphatic heterocycles. The number of hydrogen-bond donors (Lipinski definition) is 1. The Morgan fingerprint density at radius 3 is 2.94 bits per heavy atom. The molecule has 0 bridgehead atoms. The lowest BCUT2D eigenvalue weighted by atomic mass is 10.0. The van der Waals surface area contributed by atoms with Gasteiger partial charge in [0.25, 0.3) is 0 Å². The number of ether oxygens (including phenoxy) is 1. The van der Waals surface area contributed by atoms with E-state index in [2.05, 4.69) is 4.98 Å². The molecule has 2 N–H and O–H groups in total. The third-order valence-corrected chi connectivity index (χ3v) is 2.99. The zero-order valence-corrected chi connectivity index (χ0v) is 9.15. The third-order valence-electron chi connectivity index (χ3n) is 2.99. The predicted octanol–water partition coefficient (Wildman–Crippen LogP) is 1.60. The monoisotopic (exact) mass is 217 g/mol. The van der Waals surface area contributed by atoms with Crippen LogP contribution in [0.1, 0.15) is 31.4 Å². The Morgan fingerprint density at radius 2 is 2.25 bits per heavy atom. The smallest absolute Gasteiger partial charge is 0.182 e. The SMILES string of the molecule is N#Cc1ncccc1OCC1(N)CCCC1. The molecule has 1 saturated carbocycles. The minimum absolute atomic E-state index is 0.220. The number of aromatic nitrogens is 1. The number of nitriles is 1. The average molecular weight is 217 g/mol. The van der Waals surface area contributed by atoms with Crippen LogP contribution in [0.4, 0.5) is 0 Å². The van der Waals surface area contributed by atoms with E-state index in [1.807, 2.05) is 6.07 Å². The minimum Gasteiger partial charge on any atom is -0.489 e. The topological polar surface area (TPSA) is 71.9 Å². The molecule has 84 valence electrons. The van der Waals surface area contributed by atoms with E-state index in [0.717, 1.165) is 25.7 Å². The molecule has 0 amide bonds. The molecule has 0 spiro atoms. The van der Waals surface area contributed by atoms with Gasteiger partial charge in [0.15, 0.2) is 11.4 Å². The molecule has 1 fully saturated rings. The van der Waals surface area contributed by atoms with Gasteiger partial charge in [-0.1, -0.05) is 12.8 Å². The second-order valence-corrected chi connectivity index (χ2v) is 4.32. The van der Waals surface area contributed by atoms with Crippen molar-refractivity contribution >= 4 is 0 Å². The number of nitrogens with two attached hydrogens (primary N) is 1. The van der Waals surface area contributed by atoms with Crippen LogP contribution in [0.15, 0.2) is 18.3 Å². The quantitative estimate of drug-likeness (QED) is 0.834. The molecule has 1 heterocycles. The predicted molar refractivity (Wildman–Crippen MR) is 59.8 cm³/mol. The summed E-state index contributed by atoms with van der Waals surface area (Å²) in [5.41, 5.74) is 6.27. The number of hydrogen-bond acceptors (Lipinski definition) is 4. The van der Waals surface area contributed by atoms with Crippen molar-refractivity contribution in [2.24, 2.45) is 5.73 Å². The van der Waals surface area contributed by atoms with Crippen molar-refractivity contribution in [2.75, 3.05) is 6.61 Å². The fourth-order valence-electron chi connectivity index (χ4n) is 2.04. The molecule has 1 aromatic heterocycles. The van der Waals surface area contributed by atoms with Gasteiger partial charge in [0.1, 0.15) is 12.7 Å². The number of nitrogens with zero attached hydrogens (tertiary/aromatic N) is 2. The first kappa shape index (κ1) is 10.9. The van der Waals surface area contributed by atoms with E-state index >= 15 is 0 Å². The Hall–Kier alpha value is -1.60. The highest BCUT2D eigenvalue weighted by Gasteiger charge is 2.30. The molecule has 0 radical (unpaired) electrons. The maximum Gasteiger partial charge on any atom is 0.182 e. The second kappa shape index (κ2) is 4.50. The average Bonchev–Trinajstić information content (AvgIpc) is 2.74. The molecule has 1 aromatic rings. The fraction of sp³-hybridized carbons (Fsp3) is 0.500. The van der Waals surface area contributed by atoms with E-state index in [-0.39, 0.29) is 5.54 Å². The van der Waals surface area contributed by atoms with Crippen LogP contribution >= 0.6 is 0 Å². The summed E-state index contributed by atoms with van der Waals surface area (Å²) in [5, 5.41) is 8.85. The Morgan fingerprint density at radius 1 is 1.50 bits per heavy atom. The summed E-state index contributed by atoms with van der Waals surface area (Å²) in [6.07, 6.45) is 5.90. The van der Waals surface area contributed by atoms with Gasteiger partial charge in [0, 0.05) is 6.20 Å². The largest absolute Gasteiger partial charge is 0.489 e. The van der Waals surface area contributed by atoms with Crippen LogP contribution < -0.4 is 10.5 Å². The molecule has 4 nitrogen and oxygen atoms in total. The first-order chi connectivity index (χ1) is 7.73. The van der Waals surface area contributed by atoms with E-state index < -0.39 is 0 Å². The van der Waals surface area contributed by atoms with Crippen molar-refractivity contribution in [3.63, 3.8) is 0 Å². The van der Waals surface area contributed by atoms with Gasteiger partial charge >= 0.3 is 0 Å². The highest BCUT2D eigenvalue weighted by Crippen LogP contribution is 2.28. The normalized spacial score (nSPS) is 18.0. The summed E-state index contributed by atoms with van der Waals surface area (Å²) >= 11 is 0. The van der Waals surface area contributed by atoms with Crippen LogP contribution in [-0.2, 0) is 0 Å². The van der Waals surface area contributed by atoms with Crippen LogP contribution in [0.25, 0.3) is 0 Å². The third kappa shape index (κ3) is 2.31. The first-order valence-electron chi connectivity index (χ1n) is 5.50. The zero-order valence-electron chi connectivity index (χ0n) is 9.15. The van der Waals surface area contributed by atoms with Gasteiger partial charge in [-0.25, -0.2) is 4.98 Å². The summed E-state index contributed by atoms with van der Waals surface area (Å²) < 4.78 is 5.60. The van der Waals surface area contributed by atoms with E-state index in [1.165, 1.54) is 0 Å². The van der Waals surface area contributed by atoms with Crippen LogP contribution in [-0.4, -0.2) is 17.1 Å². The lowest BCUT2D eigenvalue weighted by Crippen LogP contribution is -2.42. The van der Waals surface area contributed by atoms with Crippen molar-refractivity contribution in [1.29, 1.82) is 5.26 Å². The molecule has 0 atom stereocenters. The Balaban J connectivity index is 2.02. The number of pyridine rings is 1. The van der Waals surface area contributed by atoms with Crippen molar-refractivity contribution in [3.8, 4) is 11.8 Å².